The molecule has 0 N–H and O–H groups in total. The number of amides is 2. The minimum absolute atomic E-state index is 0.0284. The van der Waals surface area contributed by atoms with Gasteiger partial charge in [-0.2, -0.15) is 5.10 Å². The Labute approximate surface area is 132 Å². The van der Waals surface area contributed by atoms with Gasteiger partial charge in [-0.15, -0.1) is 0 Å². The Morgan fingerprint density at radius 2 is 2.05 bits per heavy atom. The number of rotatable bonds is 4. The van der Waals surface area contributed by atoms with E-state index in [-0.39, 0.29) is 11.3 Å². The van der Waals surface area contributed by atoms with Gasteiger partial charge in [0, 0.05) is 13.6 Å². The van der Waals surface area contributed by atoms with Crippen LogP contribution in [0.3, 0.4) is 0 Å². The van der Waals surface area contributed by atoms with Crippen LogP contribution in [0.1, 0.15) is 53.4 Å². The van der Waals surface area contributed by atoms with Gasteiger partial charge in [-0.05, 0) is 39.0 Å². The van der Waals surface area contributed by atoms with Crippen molar-refractivity contribution < 1.29 is 14.3 Å². The number of ether oxygens (including phenoxy) is 1. The summed E-state index contributed by atoms with van der Waals surface area (Å²) >= 11 is 0. The first kappa shape index (κ1) is 16.8. The molecule has 1 aliphatic heterocycles. The second kappa shape index (κ2) is 5.89. The molecule has 2 amide bonds. The Balaban J connectivity index is 1.90. The predicted molar refractivity (Wildman–Crippen MR) is 84.6 cm³/mol. The fraction of sp³-hybridized carbons (Fsp3) is 0.812. The van der Waals surface area contributed by atoms with Crippen LogP contribution in [-0.4, -0.2) is 53.4 Å². The third kappa shape index (κ3) is 4.21. The van der Waals surface area contributed by atoms with Gasteiger partial charge in [0.15, 0.2) is 0 Å². The molecule has 6 nitrogen and oxygen atoms in total. The van der Waals surface area contributed by atoms with Gasteiger partial charge in [0.25, 0.3) is 0 Å². The van der Waals surface area contributed by atoms with E-state index in [1.807, 2.05) is 20.8 Å². The molecule has 0 saturated heterocycles. The summed E-state index contributed by atoms with van der Waals surface area (Å²) in [7, 11) is 1.66. The smallest absolute Gasteiger partial charge is 0.410 e. The van der Waals surface area contributed by atoms with Gasteiger partial charge < -0.3 is 9.64 Å². The van der Waals surface area contributed by atoms with Crippen molar-refractivity contribution in [3.8, 4) is 0 Å². The summed E-state index contributed by atoms with van der Waals surface area (Å²) < 4.78 is 5.30. The van der Waals surface area contributed by atoms with E-state index in [2.05, 4.69) is 12.0 Å². The first-order valence-electron chi connectivity index (χ1n) is 7.89. The third-order valence-corrected chi connectivity index (χ3v) is 4.12. The number of hydrogen-bond donors (Lipinski definition) is 0. The van der Waals surface area contributed by atoms with Gasteiger partial charge in [0.1, 0.15) is 5.60 Å². The number of carbonyl (C=O) groups is 2. The van der Waals surface area contributed by atoms with Gasteiger partial charge >= 0.3 is 6.09 Å². The maximum atomic E-state index is 12.1. The van der Waals surface area contributed by atoms with Crippen LogP contribution in [0.4, 0.5) is 4.79 Å². The SMILES string of the molecule is CN(CC1=NN(CC2(C)CCC2)C(=O)C1)C(=O)OC(C)(C)C. The highest BCUT2D eigenvalue weighted by Crippen LogP contribution is 2.41. The Morgan fingerprint density at radius 3 is 2.55 bits per heavy atom. The van der Waals surface area contributed by atoms with Crippen LogP contribution in [-0.2, 0) is 9.53 Å². The zero-order valence-electron chi connectivity index (χ0n) is 14.3. The number of carbonyl (C=O) groups excluding carboxylic acids is 2. The van der Waals surface area contributed by atoms with E-state index in [4.69, 9.17) is 4.74 Å². The number of nitrogens with zero attached hydrogens (tertiary/aromatic N) is 3. The highest BCUT2D eigenvalue weighted by atomic mass is 16.6. The number of hydrazone groups is 1. The first-order chi connectivity index (χ1) is 10.1. The molecular formula is C16H27N3O3. The topological polar surface area (TPSA) is 62.2 Å². The lowest BCUT2D eigenvalue weighted by Gasteiger charge is -2.39. The third-order valence-electron chi connectivity index (χ3n) is 4.12. The Bertz CT molecular complexity index is 489. The molecule has 0 aromatic rings. The van der Waals surface area contributed by atoms with Crippen molar-refractivity contribution in [1.29, 1.82) is 0 Å². The van der Waals surface area contributed by atoms with Crippen LogP contribution in [0.5, 0.6) is 0 Å². The lowest BCUT2D eigenvalue weighted by Crippen LogP contribution is -2.38. The molecule has 0 radical (unpaired) electrons. The van der Waals surface area contributed by atoms with Crippen molar-refractivity contribution in [2.24, 2.45) is 10.5 Å². The van der Waals surface area contributed by atoms with Gasteiger partial charge in [-0.1, -0.05) is 13.3 Å². The summed E-state index contributed by atoms with van der Waals surface area (Å²) in [5, 5.41) is 5.99. The van der Waals surface area contributed by atoms with Crippen molar-refractivity contribution >= 4 is 17.7 Å². The van der Waals surface area contributed by atoms with Gasteiger partial charge in [-0.25, -0.2) is 9.80 Å². The molecule has 1 aliphatic carbocycles. The molecule has 0 aromatic carbocycles. The van der Waals surface area contributed by atoms with E-state index >= 15 is 0 Å². The Kier molecular flexibility index (Phi) is 4.49. The summed E-state index contributed by atoms with van der Waals surface area (Å²) in [5.41, 5.74) is 0.413. The van der Waals surface area contributed by atoms with E-state index in [0.29, 0.717) is 19.5 Å². The standard InChI is InChI=1S/C16H27N3O3/c1-15(2,3)22-14(21)18(5)10-12-9-13(20)19(17-12)11-16(4)7-6-8-16/h6-11H2,1-5H3. The van der Waals surface area contributed by atoms with E-state index in [1.54, 1.807) is 12.1 Å². The quantitative estimate of drug-likeness (QED) is 0.802. The highest BCUT2D eigenvalue weighted by Gasteiger charge is 2.37. The fourth-order valence-electron chi connectivity index (χ4n) is 2.72. The normalized spacial score (nSPS) is 20.5. The molecule has 0 aromatic heterocycles. The van der Waals surface area contributed by atoms with Gasteiger partial charge in [0.2, 0.25) is 5.91 Å². The molecule has 2 rings (SSSR count). The maximum Gasteiger partial charge on any atom is 0.410 e. The van der Waals surface area contributed by atoms with E-state index < -0.39 is 11.7 Å². The monoisotopic (exact) mass is 309 g/mol. The van der Waals surface area contributed by atoms with Crippen LogP contribution >= 0.6 is 0 Å². The summed E-state index contributed by atoms with van der Waals surface area (Å²) in [6.45, 7) is 8.70. The number of hydrogen-bond acceptors (Lipinski definition) is 4. The fourth-order valence-corrected chi connectivity index (χ4v) is 2.72. The maximum absolute atomic E-state index is 12.1. The Hall–Kier alpha value is -1.59. The minimum Gasteiger partial charge on any atom is -0.444 e. The summed E-state index contributed by atoms with van der Waals surface area (Å²) in [6.07, 6.45) is 3.44. The zero-order valence-corrected chi connectivity index (χ0v) is 14.3. The van der Waals surface area contributed by atoms with Crippen molar-refractivity contribution in [3.05, 3.63) is 0 Å². The van der Waals surface area contributed by atoms with Crippen molar-refractivity contribution in [2.75, 3.05) is 20.1 Å². The van der Waals surface area contributed by atoms with Crippen molar-refractivity contribution in [2.45, 2.75) is 59.0 Å². The first-order valence-corrected chi connectivity index (χ1v) is 7.89. The van der Waals surface area contributed by atoms with E-state index in [9.17, 15) is 9.59 Å². The predicted octanol–water partition coefficient (Wildman–Crippen LogP) is 2.63. The molecule has 0 spiro atoms. The zero-order chi connectivity index (χ0) is 16.5. The summed E-state index contributed by atoms with van der Waals surface area (Å²) in [4.78, 5) is 25.5. The van der Waals surface area contributed by atoms with Crippen LogP contribution in [0.25, 0.3) is 0 Å². The van der Waals surface area contributed by atoms with Crippen LogP contribution in [0.15, 0.2) is 5.10 Å². The van der Waals surface area contributed by atoms with Gasteiger partial charge in [0.05, 0.1) is 18.7 Å². The second-order valence-corrected chi connectivity index (χ2v) is 7.80. The average Bonchev–Trinajstić information content (AvgIpc) is 2.65. The average molecular weight is 309 g/mol. The lowest BCUT2D eigenvalue weighted by molar-refractivity contribution is -0.130. The minimum atomic E-state index is -0.524. The van der Waals surface area contributed by atoms with Crippen molar-refractivity contribution in [1.82, 2.24) is 9.91 Å². The molecule has 0 unspecified atom stereocenters. The molecule has 1 fully saturated rings. The molecule has 22 heavy (non-hydrogen) atoms. The lowest BCUT2D eigenvalue weighted by atomic mass is 9.70. The molecule has 0 atom stereocenters. The van der Waals surface area contributed by atoms with Crippen LogP contribution in [0.2, 0.25) is 0 Å². The van der Waals surface area contributed by atoms with Crippen LogP contribution < -0.4 is 0 Å². The molecule has 2 aliphatic rings. The summed E-state index contributed by atoms with van der Waals surface area (Å²) in [5.74, 6) is 0.0284. The molecule has 1 saturated carbocycles. The van der Waals surface area contributed by atoms with E-state index in [0.717, 1.165) is 18.6 Å². The van der Waals surface area contributed by atoms with Crippen LogP contribution in [0, 0.1) is 5.41 Å². The Morgan fingerprint density at radius 1 is 1.41 bits per heavy atom. The summed E-state index contributed by atoms with van der Waals surface area (Å²) in [6, 6.07) is 0. The molecule has 124 valence electrons. The highest BCUT2D eigenvalue weighted by molar-refractivity contribution is 6.06. The molecule has 6 heteroatoms. The largest absolute Gasteiger partial charge is 0.444 e. The van der Waals surface area contributed by atoms with Gasteiger partial charge in [-0.3, -0.25) is 4.79 Å². The second-order valence-electron chi connectivity index (χ2n) is 7.80. The molecular weight excluding hydrogens is 282 g/mol. The van der Waals surface area contributed by atoms with Crippen molar-refractivity contribution in [3.63, 3.8) is 0 Å². The van der Waals surface area contributed by atoms with E-state index in [1.165, 1.54) is 11.3 Å². The molecule has 1 heterocycles. The molecule has 0 bridgehead atoms.